The second-order valence-electron chi connectivity index (χ2n) is 6.67. The Kier molecular flexibility index (Phi) is 5.69. The first-order valence-corrected chi connectivity index (χ1v) is 10.6. The monoisotopic (exact) mass is 401 g/mol. The van der Waals surface area contributed by atoms with Crippen molar-refractivity contribution in [1.82, 2.24) is 4.90 Å². The number of sulfonamides is 1. The fraction of sp³-hybridized carbons (Fsp3) is 0.300. The molecule has 0 saturated heterocycles. The Hall–Kier alpha value is -2.87. The molecule has 0 bridgehead atoms. The summed E-state index contributed by atoms with van der Waals surface area (Å²) >= 11 is 0. The van der Waals surface area contributed by atoms with Crippen molar-refractivity contribution in [3.63, 3.8) is 0 Å². The maximum absolute atomic E-state index is 13.0. The normalized spacial score (nSPS) is 13.6. The van der Waals surface area contributed by atoms with Crippen LogP contribution in [0, 0.1) is 0 Å². The summed E-state index contributed by atoms with van der Waals surface area (Å²) in [6, 6.07) is 11.7. The number of nitrogens with one attached hydrogen (secondary N) is 2. The highest BCUT2D eigenvalue weighted by atomic mass is 32.2. The van der Waals surface area contributed by atoms with E-state index in [0.29, 0.717) is 36.3 Å². The van der Waals surface area contributed by atoms with Gasteiger partial charge < -0.3 is 10.2 Å². The van der Waals surface area contributed by atoms with Crippen molar-refractivity contribution in [2.45, 2.75) is 38.1 Å². The van der Waals surface area contributed by atoms with Crippen LogP contribution in [0.4, 0.5) is 11.4 Å². The molecule has 0 aliphatic carbocycles. The van der Waals surface area contributed by atoms with Crippen LogP contribution < -0.4 is 10.0 Å². The molecule has 0 atom stereocenters. The average molecular weight is 401 g/mol. The number of amides is 2. The number of anilines is 2. The molecule has 2 N–H and O–H groups in total. The van der Waals surface area contributed by atoms with Crippen molar-refractivity contribution in [3.05, 3.63) is 53.6 Å². The molecule has 7 nitrogen and oxygen atoms in total. The van der Waals surface area contributed by atoms with Gasteiger partial charge in [0.1, 0.15) is 0 Å². The first kappa shape index (κ1) is 19.9. The van der Waals surface area contributed by atoms with Crippen molar-refractivity contribution in [1.29, 1.82) is 0 Å². The van der Waals surface area contributed by atoms with Crippen molar-refractivity contribution in [3.8, 4) is 0 Å². The lowest BCUT2D eigenvalue weighted by molar-refractivity contribution is -0.129. The molecule has 0 fully saturated rings. The van der Waals surface area contributed by atoms with Gasteiger partial charge in [0, 0.05) is 37.8 Å². The molecule has 0 unspecified atom stereocenters. The van der Waals surface area contributed by atoms with Gasteiger partial charge in [-0.1, -0.05) is 19.1 Å². The number of fused-ring (bicyclic) bond motifs is 1. The third-order valence-corrected chi connectivity index (χ3v) is 6.17. The number of rotatable bonds is 5. The van der Waals surface area contributed by atoms with Gasteiger partial charge in [-0.05, 0) is 47.9 Å². The van der Waals surface area contributed by atoms with Crippen LogP contribution in [0.5, 0.6) is 0 Å². The fourth-order valence-electron chi connectivity index (χ4n) is 3.15. The number of carbonyl (C=O) groups excluding carboxylic acids is 2. The van der Waals surface area contributed by atoms with Crippen molar-refractivity contribution < 1.29 is 18.0 Å². The predicted molar refractivity (Wildman–Crippen MR) is 107 cm³/mol. The summed E-state index contributed by atoms with van der Waals surface area (Å²) in [5.41, 5.74) is 2.59. The Morgan fingerprint density at radius 1 is 1.07 bits per heavy atom. The minimum atomic E-state index is -3.82. The lowest BCUT2D eigenvalue weighted by Crippen LogP contribution is -2.35. The van der Waals surface area contributed by atoms with Gasteiger partial charge in [0.2, 0.25) is 11.8 Å². The molecule has 2 aromatic rings. The van der Waals surface area contributed by atoms with E-state index in [-0.39, 0.29) is 23.3 Å². The molecule has 1 aliphatic rings. The molecular formula is C20H23N3O4S. The van der Waals surface area contributed by atoms with Gasteiger partial charge in [-0.25, -0.2) is 8.42 Å². The van der Waals surface area contributed by atoms with E-state index in [1.165, 1.54) is 6.92 Å². The van der Waals surface area contributed by atoms with Gasteiger partial charge in [-0.2, -0.15) is 0 Å². The summed E-state index contributed by atoms with van der Waals surface area (Å²) in [4.78, 5) is 25.0. The SMILES string of the molecule is CCC(=O)Nc1ccc(NS(=O)(=O)c2cccc3c2CN(C(C)=O)CC3)cc1. The minimum absolute atomic E-state index is 0.0736. The zero-order valence-electron chi connectivity index (χ0n) is 15.9. The number of nitrogens with zero attached hydrogens (tertiary/aromatic N) is 1. The third-order valence-electron chi connectivity index (χ3n) is 4.71. The second-order valence-corrected chi connectivity index (χ2v) is 8.32. The Bertz CT molecular complexity index is 1000. The minimum Gasteiger partial charge on any atom is -0.338 e. The number of carbonyl (C=O) groups is 2. The molecule has 28 heavy (non-hydrogen) atoms. The maximum atomic E-state index is 13.0. The predicted octanol–water partition coefficient (Wildman–Crippen LogP) is 2.74. The fourth-order valence-corrected chi connectivity index (χ4v) is 4.49. The highest BCUT2D eigenvalue weighted by Crippen LogP contribution is 2.28. The van der Waals surface area contributed by atoms with Crippen LogP contribution in [-0.2, 0) is 32.6 Å². The van der Waals surface area contributed by atoms with Crippen LogP contribution in [0.25, 0.3) is 0 Å². The standard InChI is InChI=1S/C20H23N3O4S/c1-3-20(25)21-16-7-9-17(10-8-16)22-28(26,27)19-6-4-5-15-11-12-23(14(2)24)13-18(15)19/h4-10,22H,3,11-13H2,1-2H3,(H,21,25). The largest absolute Gasteiger partial charge is 0.338 e. The number of benzene rings is 2. The molecule has 0 aromatic heterocycles. The Morgan fingerprint density at radius 2 is 1.75 bits per heavy atom. The molecule has 1 aliphatic heterocycles. The van der Waals surface area contributed by atoms with Crippen molar-refractivity contribution in [2.24, 2.45) is 0 Å². The third kappa shape index (κ3) is 4.33. The Balaban J connectivity index is 1.84. The van der Waals surface area contributed by atoms with E-state index in [1.54, 1.807) is 48.2 Å². The topological polar surface area (TPSA) is 95.6 Å². The highest BCUT2D eigenvalue weighted by Gasteiger charge is 2.26. The molecule has 1 heterocycles. The Morgan fingerprint density at radius 3 is 2.39 bits per heavy atom. The highest BCUT2D eigenvalue weighted by molar-refractivity contribution is 7.92. The van der Waals surface area contributed by atoms with Crippen molar-refractivity contribution >= 4 is 33.2 Å². The summed E-state index contributed by atoms with van der Waals surface area (Å²) in [5.74, 6) is -0.185. The zero-order valence-corrected chi connectivity index (χ0v) is 16.7. The summed E-state index contributed by atoms with van der Waals surface area (Å²) in [7, 11) is -3.82. The lowest BCUT2D eigenvalue weighted by atomic mass is 10.00. The van der Waals surface area contributed by atoms with E-state index in [9.17, 15) is 18.0 Å². The van der Waals surface area contributed by atoms with Gasteiger partial charge in [-0.15, -0.1) is 0 Å². The van der Waals surface area contributed by atoms with Gasteiger partial charge in [0.05, 0.1) is 4.90 Å². The van der Waals surface area contributed by atoms with Crippen LogP contribution in [0.1, 0.15) is 31.4 Å². The van der Waals surface area contributed by atoms with Crippen LogP contribution in [0.3, 0.4) is 0 Å². The van der Waals surface area contributed by atoms with E-state index in [1.807, 2.05) is 6.07 Å². The zero-order chi connectivity index (χ0) is 20.3. The number of hydrogen-bond donors (Lipinski definition) is 2. The molecule has 3 rings (SSSR count). The van der Waals surface area contributed by atoms with E-state index in [2.05, 4.69) is 10.0 Å². The Labute approximate surface area is 164 Å². The molecule has 148 valence electrons. The van der Waals surface area contributed by atoms with E-state index in [4.69, 9.17) is 0 Å². The van der Waals surface area contributed by atoms with Crippen LogP contribution in [0.2, 0.25) is 0 Å². The average Bonchev–Trinajstić information content (AvgIpc) is 2.68. The van der Waals surface area contributed by atoms with E-state index < -0.39 is 10.0 Å². The van der Waals surface area contributed by atoms with Crippen molar-refractivity contribution in [2.75, 3.05) is 16.6 Å². The first-order chi connectivity index (χ1) is 13.3. The van der Waals surface area contributed by atoms with Gasteiger partial charge in [-0.3, -0.25) is 14.3 Å². The van der Waals surface area contributed by atoms with Gasteiger partial charge in [0.15, 0.2) is 0 Å². The van der Waals surface area contributed by atoms with Crippen LogP contribution in [0.15, 0.2) is 47.4 Å². The molecular weight excluding hydrogens is 378 g/mol. The van der Waals surface area contributed by atoms with Crippen LogP contribution in [-0.4, -0.2) is 31.7 Å². The molecule has 0 spiro atoms. The van der Waals surface area contributed by atoms with Gasteiger partial charge >= 0.3 is 0 Å². The summed E-state index contributed by atoms with van der Waals surface area (Å²) in [6.07, 6.45) is 0.995. The smallest absolute Gasteiger partial charge is 0.262 e. The summed E-state index contributed by atoms with van der Waals surface area (Å²) in [5, 5.41) is 2.72. The molecule has 8 heteroatoms. The summed E-state index contributed by atoms with van der Waals surface area (Å²) in [6.45, 7) is 4.11. The quantitative estimate of drug-likeness (QED) is 0.805. The summed E-state index contributed by atoms with van der Waals surface area (Å²) < 4.78 is 28.5. The second kappa shape index (κ2) is 8.02. The molecule has 0 saturated carbocycles. The molecule has 2 aromatic carbocycles. The van der Waals surface area contributed by atoms with E-state index in [0.717, 1.165) is 5.56 Å². The number of hydrogen-bond acceptors (Lipinski definition) is 4. The van der Waals surface area contributed by atoms with Gasteiger partial charge in [0.25, 0.3) is 10.0 Å². The molecule has 0 radical (unpaired) electrons. The molecule has 2 amide bonds. The van der Waals surface area contributed by atoms with Crippen LogP contribution >= 0.6 is 0 Å². The maximum Gasteiger partial charge on any atom is 0.262 e. The lowest BCUT2D eigenvalue weighted by Gasteiger charge is -2.29. The first-order valence-electron chi connectivity index (χ1n) is 9.09. The van der Waals surface area contributed by atoms with E-state index >= 15 is 0 Å².